The number of carbonyl (C=O) groups excluding carboxylic acids is 1. The van der Waals surface area contributed by atoms with E-state index in [1.54, 1.807) is 13.1 Å². The molecule has 4 rings (SSSR count). The van der Waals surface area contributed by atoms with Crippen molar-refractivity contribution in [3.63, 3.8) is 0 Å². The van der Waals surface area contributed by atoms with Gasteiger partial charge in [-0.15, -0.1) is 6.42 Å². The molecule has 0 fully saturated rings. The number of amides is 1. The van der Waals surface area contributed by atoms with E-state index < -0.39 is 28.4 Å². The molecule has 230 valence electrons. The molecule has 0 aliphatic heterocycles. The maximum Gasteiger partial charge on any atom is 0.419 e. The fraction of sp³-hybridized carbons (Fsp3) is 0.222. The van der Waals surface area contributed by atoms with Crippen molar-refractivity contribution in [3.8, 4) is 12.3 Å². The predicted molar refractivity (Wildman–Crippen MR) is 148 cm³/mol. The van der Waals surface area contributed by atoms with E-state index in [1.165, 1.54) is 29.2 Å². The fourth-order valence-electron chi connectivity index (χ4n) is 4.14. The van der Waals surface area contributed by atoms with E-state index in [2.05, 4.69) is 36.5 Å². The van der Waals surface area contributed by atoms with Crippen molar-refractivity contribution < 1.29 is 48.7 Å². The van der Waals surface area contributed by atoms with Gasteiger partial charge in [0.05, 0.1) is 37.9 Å². The number of terminal acetylenes is 1. The van der Waals surface area contributed by atoms with Crippen LogP contribution in [0.15, 0.2) is 48.9 Å². The summed E-state index contributed by atoms with van der Waals surface area (Å²) in [5.41, 5.74) is -0.828. The van der Waals surface area contributed by atoms with Crippen LogP contribution in [0.3, 0.4) is 0 Å². The van der Waals surface area contributed by atoms with Crippen LogP contribution in [0.4, 0.5) is 40.7 Å². The van der Waals surface area contributed by atoms with Crippen LogP contribution in [0.5, 0.6) is 0 Å². The van der Waals surface area contributed by atoms with Gasteiger partial charge in [0.15, 0.2) is 5.69 Å². The zero-order valence-electron chi connectivity index (χ0n) is 23.4. The number of aromatic nitrogens is 5. The number of rotatable bonds is 9. The molecule has 0 aliphatic carbocycles. The van der Waals surface area contributed by atoms with Crippen LogP contribution in [-0.4, -0.2) is 60.5 Å². The molecule has 3 heterocycles. The lowest BCUT2D eigenvalue weighted by Crippen LogP contribution is -3.00. The summed E-state index contributed by atoms with van der Waals surface area (Å²) in [6.45, 7) is 0.514. The van der Waals surface area contributed by atoms with Gasteiger partial charge in [0.2, 0.25) is 5.91 Å². The van der Waals surface area contributed by atoms with Gasteiger partial charge in [-0.25, -0.2) is 19.3 Å². The summed E-state index contributed by atoms with van der Waals surface area (Å²) in [5.74, 6) is 0.385. The standard InChI is InChI=1S/C27H23F4N9O3.BrH/c1-5-23-37-26(39(42)43)21(38(23)2)14-40(3,4)10-6-7-24(41)36-22-12-17-20(13-32-22)33-15-34-25(17)35-16-8-9-19(28)18(11-16)27(29,30)31;/h1,6-9,11-13,15H,10,14H2,2-4H3,(H-,32,33,34,35,36,41);1H/b7-6+;. The number of imidazole rings is 1. The van der Waals surface area contributed by atoms with E-state index in [-0.39, 0.29) is 57.0 Å². The number of hydrogen-bond donors (Lipinski definition) is 2. The Morgan fingerprint density at radius 1 is 1.23 bits per heavy atom. The Hall–Kier alpha value is -4.95. The molecule has 17 heteroatoms. The number of hydrogen-bond acceptors (Lipinski definition) is 8. The molecular weight excluding hydrogens is 654 g/mol. The SMILES string of the molecule is C#Cc1nc([N+](=O)[O-])c(C[N+](C)(C)C/C=C/C(=O)Nc2cc3c(Nc4ccc(F)c(C(F)(F)F)c4)ncnc3cn2)n1C.[Br-]. The molecular formula is C27H24BrF4N9O3. The van der Waals surface area contributed by atoms with Crippen molar-refractivity contribution in [3.05, 3.63) is 82.0 Å². The van der Waals surface area contributed by atoms with Gasteiger partial charge in [-0.05, 0) is 46.2 Å². The van der Waals surface area contributed by atoms with Crippen LogP contribution in [0.2, 0.25) is 0 Å². The van der Waals surface area contributed by atoms with Crippen LogP contribution in [0.1, 0.15) is 17.1 Å². The van der Waals surface area contributed by atoms with Gasteiger partial charge < -0.3 is 42.2 Å². The molecule has 1 aromatic carbocycles. The van der Waals surface area contributed by atoms with Crippen molar-refractivity contribution in [1.82, 2.24) is 24.5 Å². The molecule has 3 aromatic heterocycles. The molecule has 0 unspecified atom stereocenters. The first-order chi connectivity index (χ1) is 20.2. The monoisotopic (exact) mass is 677 g/mol. The number of quaternary nitrogens is 1. The van der Waals surface area contributed by atoms with Crippen molar-refractivity contribution in [2.24, 2.45) is 7.05 Å². The van der Waals surface area contributed by atoms with Gasteiger partial charge in [-0.1, -0.05) is 0 Å². The predicted octanol–water partition coefficient (Wildman–Crippen LogP) is 1.32. The number of pyridine rings is 1. The number of halogens is 5. The molecule has 2 N–H and O–H groups in total. The summed E-state index contributed by atoms with van der Waals surface area (Å²) in [6, 6.07) is 3.88. The second-order valence-corrected chi connectivity index (χ2v) is 9.96. The Labute approximate surface area is 258 Å². The molecule has 0 saturated carbocycles. The van der Waals surface area contributed by atoms with Gasteiger partial charge in [-0.3, -0.25) is 9.36 Å². The zero-order valence-corrected chi connectivity index (χ0v) is 24.9. The normalized spacial score (nSPS) is 11.7. The first-order valence-electron chi connectivity index (χ1n) is 12.4. The second kappa shape index (κ2) is 13.1. The minimum absolute atomic E-state index is 0. The number of anilines is 3. The molecule has 1 amide bonds. The third kappa shape index (κ3) is 7.71. The third-order valence-corrected chi connectivity index (χ3v) is 6.25. The quantitative estimate of drug-likeness (QED) is 0.0675. The van der Waals surface area contributed by atoms with E-state index in [0.29, 0.717) is 35.3 Å². The fourth-order valence-corrected chi connectivity index (χ4v) is 4.14. The number of likely N-dealkylation sites (N-methyl/N-ethyl adjacent to an activating group) is 1. The number of nitrogens with zero attached hydrogens (tertiary/aromatic N) is 7. The van der Waals surface area contributed by atoms with Crippen LogP contribution >= 0.6 is 0 Å². The first kappa shape index (κ1) is 33.6. The third-order valence-electron chi connectivity index (χ3n) is 6.25. The van der Waals surface area contributed by atoms with Crippen LogP contribution in [0.25, 0.3) is 10.9 Å². The average Bonchev–Trinajstić information content (AvgIpc) is 3.23. The number of fused-ring (bicyclic) bond motifs is 1. The number of carbonyl (C=O) groups is 1. The maximum absolute atomic E-state index is 13.7. The largest absolute Gasteiger partial charge is 1.00 e. The van der Waals surface area contributed by atoms with Crippen molar-refractivity contribution in [1.29, 1.82) is 0 Å². The Morgan fingerprint density at radius 3 is 2.61 bits per heavy atom. The van der Waals surface area contributed by atoms with Gasteiger partial charge >= 0.3 is 12.0 Å². The first-order valence-corrected chi connectivity index (χ1v) is 12.4. The molecule has 0 aliphatic rings. The minimum atomic E-state index is -4.89. The van der Waals surface area contributed by atoms with Crippen molar-refractivity contribution >= 4 is 40.0 Å². The minimum Gasteiger partial charge on any atom is -1.00 e. The molecule has 44 heavy (non-hydrogen) atoms. The Bertz CT molecular complexity index is 1800. The van der Waals surface area contributed by atoms with Crippen LogP contribution < -0.4 is 27.6 Å². The second-order valence-electron chi connectivity index (χ2n) is 9.96. The Morgan fingerprint density at radius 2 is 1.95 bits per heavy atom. The highest BCUT2D eigenvalue weighted by atomic mass is 79.9. The van der Waals surface area contributed by atoms with Crippen LogP contribution in [-0.2, 0) is 24.6 Å². The lowest BCUT2D eigenvalue weighted by molar-refractivity contribution is -0.898. The van der Waals surface area contributed by atoms with E-state index in [9.17, 15) is 32.5 Å². The summed E-state index contributed by atoms with van der Waals surface area (Å²) in [4.78, 5) is 39.6. The Kier molecular flexibility index (Phi) is 10.0. The van der Waals surface area contributed by atoms with E-state index >= 15 is 0 Å². The lowest BCUT2D eigenvalue weighted by Gasteiger charge is -2.28. The van der Waals surface area contributed by atoms with Gasteiger partial charge in [0, 0.05) is 24.2 Å². The smallest absolute Gasteiger partial charge is 0.419 e. The number of nitrogens with one attached hydrogen (secondary N) is 2. The summed E-state index contributed by atoms with van der Waals surface area (Å²) in [6.07, 6.45) is 5.88. The highest BCUT2D eigenvalue weighted by Gasteiger charge is 2.34. The average molecular weight is 678 g/mol. The zero-order chi connectivity index (χ0) is 31.5. The number of benzene rings is 1. The number of alkyl halides is 3. The van der Waals surface area contributed by atoms with Gasteiger partial charge in [0.1, 0.15) is 30.3 Å². The molecule has 4 aromatic rings. The van der Waals surface area contributed by atoms with Gasteiger partial charge in [-0.2, -0.15) is 13.2 Å². The highest BCUT2D eigenvalue weighted by molar-refractivity contribution is 6.00. The van der Waals surface area contributed by atoms with E-state index in [0.717, 1.165) is 6.07 Å². The van der Waals surface area contributed by atoms with Gasteiger partial charge in [0.25, 0.3) is 5.82 Å². The molecule has 12 nitrogen and oxygen atoms in total. The number of nitro groups is 1. The molecule has 0 radical (unpaired) electrons. The molecule has 0 spiro atoms. The summed E-state index contributed by atoms with van der Waals surface area (Å²) in [5, 5.41) is 17.1. The van der Waals surface area contributed by atoms with E-state index in [4.69, 9.17) is 6.42 Å². The summed E-state index contributed by atoms with van der Waals surface area (Å²) >= 11 is 0. The van der Waals surface area contributed by atoms with Crippen LogP contribution in [0, 0.1) is 28.3 Å². The lowest BCUT2D eigenvalue weighted by atomic mass is 10.1. The Balaban J connectivity index is 0.00000529. The topological polar surface area (TPSA) is 141 Å². The molecule has 0 saturated heterocycles. The highest BCUT2D eigenvalue weighted by Crippen LogP contribution is 2.34. The van der Waals surface area contributed by atoms with Crippen molar-refractivity contribution in [2.75, 3.05) is 31.3 Å². The molecule has 0 atom stereocenters. The summed E-state index contributed by atoms with van der Waals surface area (Å²) in [7, 11) is 5.22. The molecule has 0 bridgehead atoms. The van der Waals surface area contributed by atoms with Crippen molar-refractivity contribution in [2.45, 2.75) is 12.7 Å². The summed E-state index contributed by atoms with van der Waals surface area (Å²) < 4.78 is 54.8. The maximum atomic E-state index is 13.7. The van der Waals surface area contributed by atoms with E-state index in [1.807, 2.05) is 14.1 Å².